The number of nitrogens with zero attached hydrogens (tertiary/aromatic N) is 4. The highest BCUT2D eigenvalue weighted by atomic mass is 16.2. The summed E-state index contributed by atoms with van der Waals surface area (Å²) in [7, 11) is 0. The van der Waals surface area contributed by atoms with Gasteiger partial charge in [0.2, 0.25) is 0 Å². The maximum atomic E-state index is 12.0. The number of fused-ring (bicyclic) bond motifs is 1. The first-order chi connectivity index (χ1) is 9.72. The van der Waals surface area contributed by atoms with Crippen LogP contribution in [0, 0.1) is 6.92 Å². The van der Waals surface area contributed by atoms with Crippen molar-refractivity contribution in [2.24, 2.45) is 0 Å². The van der Waals surface area contributed by atoms with Gasteiger partial charge in [0.25, 0.3) is 5.91 Å². The molecule has 6 heteroatoms. The molecule has 3 aromatic rings. The molecule has 1 N–H and O–H groups in total. The summed E-state index contributed by atoms with van der Waals surface area (Å²) in [6.45, 7) is 1.81. The van der Waals surface area contributed by atoms with Crippen LogP contribution in [-0.2, 0) is 0 Å². The zero-order valence-electron chi connectivity index (χ0n) is 10.7. The Morgan fingerprint density at radius 3 is 2.80 bits per heavy atom. The molecule has 0 saturated carbocycles. The molecule has 0 saturated heterocycles. The average Bonchev–Trinajstić information content (AvgIpc) is 2.48. The quantitative estimate of drug-likeness (QED) is 0.766. The number of anilines is 1. The van der Waals surface area contributed by atoms with Crippen LogP contribution in [0.4, 0.5) is 5.82 Å². The molecule has 3 heterocycles. The lowest BCUT2D eigenvalue weighted by molar-refractivity contribution is 0.102. The van der Waals surface area contributed by atoms with Crippen molar-refractivity contribution in [3.63, 3.8) is 0 Å². The fourth-order valence-corrected chi connectivity index (χ4v) is 1.72. The molecule has 0 aliphatic carbocycles. The van der Waals surface area contributed by atoms with Crippen molar-refractivity contribution in [1.82, 2.24) is 20.2 Å². The topological polar surface area (TPSA) is 80.7 Å². The first-order valence-corrected chi connectivity index (χ1v) is 6.06. The van der Waals surface area contributed by atoms with Gasteiger partial charge in [-0.1, -0.05) is 0 Å². The Labute approximate surface area is 114 Å². The van der Waals surface area contributed by atoms with Gasteiger partial charge in [-0.25, -0.2) is 9.97 Å². The van der Waals surface area contributed by atoms with E-state index in [9.17, 15) is 4.79 Å². The minimum atomic E-state index is -0.347. The lowest BCUT2D eigenvalue weighted by Gasteiger charge is -2.04. The van der Waals surface area contributed by atoms with Crippen LogP contribution in [0.3, 0.4) is 0 Å². The standard InChI is InChI=1S/C14H11N5O/c1-9-4-6-11(19-18-9)14(20)17-12-7-5-10-3-2-8-15-13(10)16-12/h2-8H,1H3,(H,15,16,17,20). The third-order valence-corrected chi connectivity index (χ3v) is 2.74. The lowest BCUT2D eigenvalue weighted by atomic mass is 10.3. The minimum absolute atomic E-state index is 0.249. The molecule has 0 aliphatic heterocycles. The van der Waals surface area contributed by atoms with Crippen molar-refractivity contribution in [1.29, 1.82) is 0 Å². The number of aryl methyl sites for hydroxylation is 1. The molecule has 3 aromatic heterocycles. The summed E-state index contributed by atoms with van der Waals surface area (Å²) >= 11 is 0. The molecule has 0 aliphatic rings. The van der Waals surface area contributed by atoms with Gasteiger partial charge in [-0.05, 0) is 43.3 Å². The van der Waals surface area contributed by atoms with Crippen LogP contribution in [0.15, 0.2) is 42.6 Å². The smallest absolute Gasteiger partial charge is 0.277 e. The molecule has 6 nitrogen and oxygen atoms in total. The number of nitrogens with one attached hydrogen (secondary N) is 1. The molecule has 0 aromatic carbocycles. The number of carbonyl (C=O) groups is 1. The van der Waals surface area contributed by atoms with Crippen molar-refractivity contribution in [2.45, 2.75) is 6.92 Å². The maximum Gasteiger partial charge on any atom is 0.277 e. The number of hydrogen-bond acceptors (Lipinski definition) is 5. The fraction of sp³-hybridized carbons (Fsp3) is 0.0714. The van der Waals surface area contributed by atoms with E-state index < -0.39 is 0 Å². The van der Waals surface area contributed by atoms with Gasteiger partial charge in [-0.3, -0.25) is 4.79 Å². The average molecular weight is 265 g/mol. The zero-order chi connectivity index (χ0) is 13.9. The van der Waals surface area contributed by atoms with Crippen LogP contribution in [0.1, 0.15) is 16.2 Å². The van der Waals surface area contributed by atoms with Gasteiger partial charge in [-0.15, -0.1) is 5.10 Å². The van der Waals surface area contributed by atoms with Gasteiger partial charge in [-0.2, -0.15) is 5.10 Å². The number of carbonyl (C=O) groups excluding carboxylic acids is 1. The van der Waals surface area contributed by atoms with Crippen molar-refractivity contribution < 1.29 is 4.79 Å². The Morgan fingerprint density at radius 1 is 1.10 bits per heavy atom. The Kier molecular flexibility index (Phi) is 3.04. The van der Waals surface area contributed by atoms with Gasteiger partial charge < -0.3 is 5.32 Å². The van der Waals surface area contributed by atoms with E-state index in [-0.39, 0.29) is 11.6 Å². The summed E-state index contributed by atoms with van der Waals surface area (Å²) in [5.74, 6) is 0.0869. The van der Waals surface area contributed by atoms with E-state index in [1.165, 1.54) is 0 Å². The van der Waals surface area contributed by atoms with Gasteiger partial charge in [0.15, 0.2) is 11.3 Å². The van der Waals surface area contributed by atoms with Crippen molar-refractivity contribution in [3.05, 3.63) is 54.0 Å². The molecular formula is C14H11N5O. The number of rotatable bonds is 2. The van der Waals surface area contributed by atoms with Crippen LogP contribution in [-0.4, -0.2) is 26.1 Å². The Morgan fingerprint density at radius 2 is 2.00 bits per heavy atom. The van der Waals surface area contributed by atoms with E-state index in [1.807, 2.05) is 25.1 Å². The third-order valence-electron chi connectivity index (χ3n) is 2.74. The Bertz CT molecular complexity index is 770. The van der Waals surface area contributed by atoms with Crippen LogP contribution in [0.25, 0.3) is 11.0 Å². The van der Waals surface area contributed by atoms with E-state index in [1.54, 1.807) is 24.4 Å². The third kappa shape index (κ3) is 2.44. The highest BCUT2D eigenvalue weighted by Gasteiger charge is 2.09. The molecule has 98 valence electrons. The summed E-state index contributed by atoms with van der Waals surface area (Å²) in [6, 6.07) is 10.7. The van der Waals surface area contributed by atoms with Crippen LogP contribution in [0.2, 0.25) is 0 Å². The lowest BCUT2D eigenvalue weighted by Crippen LogP contribution is -2.15. The highest BCUT2D eigenvalue weighted by molar-refractivity contribution is 6.02. The van der Waals surface area contributed by atoms with Crippen molar-refractivity contribution in [2.75, 3.05) is 5.32 Å². The number of aromatic nitrogens is 4. The monoisotopic (exact) mass is 265 g/mol. The highest BCUT2D eigenvalue weighted by Crippen LogP contribution is 2.12. The second-order valence-electron chi connectivity index (χ2n) is 4.26. The zero-order valence-corrected chi connectivity index (χ0v) is 10.7. The summed E-state index contributed by atoms with van der Waals surface area (Å²) in [5.41, 5.74) is 1.59. The molecule has 0 radical (unpaired) electrons. The van der Waals surface area contributed by atoms with E-state index in [4.69, 9.17) is 0 Å². The van der Waals surface area contributed by atoms with E-state index in [0.29, 0.717) is 11.5 Å². The van der Waals surface area contributed by atoms with Gasteiger partial charge in [0.1, 0.15) is 5.82 Å². The Balaban J connectivity index is 1.85. The van der Waals surface area contributed by atoms with Gasteiger partial charge >= 0.3 is 0 Å². The van der Waals surface area contributed by atoms with Crippen LogP contribution in [0.5, 0.6) is 0 Å². The minimum Gasteiger partial charge on any atom is -0.305 e. The first-order valence-electron chi connectivity index (χ1n) is 6.06. The fourth-order valence-electron chi connectivity index (χ4n) is 1.72. The number of hydrogen-bond donors (Lipinski definition) is 1. The van der Waals surface area contributed by atoms with Crippen LogP contribution >= 0.6 is 0 Å². The van der Waals surface area contributed by atoms with Crippen LogP contribution < -0.4 is 5.32 Å². The summed E-state index contributed by atoms with van der Waals surface area (Å²) in [4.78, 5) is 20.4. The molecular weight excluding hydrogens is 254 g/mol. The van der Waals surface area contributed by atoms with E-state index >= 15 is 0 Å². The molecule has 1 amide bonds. The largest absolute Gasteiger partial charge is 0.305 e. The van der Waals surface area contributed by atoms with E-state index in [2.05, 4.69) is 25.5 Å². The second-order valence-corrected chi connectivity index (χ2v) is 4.26. The molecule has 0 unspecified atom stereocenters. The van der Waals surface area contributed by atoms with Gasteiger partial charge in [0, 0.05) is 11.6 Å². The number of pyridine rings is 2. The predicted octanol–water partition coefficient (Wildman–Crippen LogP) is 1.98. The van der Waals surface area contributed by atoms with Gasteiger partial charge in [0.05, 0.1) is 5.69 Å². The second kappa shape index (κ2) is 5.00. The van der Waals surface area contributed by atoms with E-state index in [0.717, 1.165) is 11.1 Å². The SMILES string of the molecule is Cc1ccc(C(=O)Nc2ccc3cccnc3n2)nn1. The van der Waals surface area contributed by atoms with Crippen molar-refractivity contribution >= 4 is 22.8 Å². The predicted molar refractivity (Wildman–Crippen MR) is 74.3 cm³/mol. The normalized spacial score (nSPS) is 10.4. The molecule has 0 bridgehead atoms. The molecule has 0 fully saturated rings. The molecule has 3 rings (SSSR count). The summed E-state index contributed by atoms with van der Waals surface area (Å²) in [6.07, 6.45) is 1.66. The first kappa shape index (κ1) is 12.2. The van der Waals surface area contributed by atoms with Crippen molar-refractivity contribution in [3.8, 4) is 0 Å². The molecule has 0 atom stereocenters. The Hall–Kier alpha value is -2.89. The summed E-state index contributed by atoms with van der Waals surface area (Å²) < 4.78 is 0. The number of amides is 1. The molecule has 0 spiro atoms. The maximum absolute atomic E-state index is 12.0. The molecule has 20 heavy (non-hydrogen) atoms. The summed E-state index contributed by atoms with van der Waals surface area (Å²) in [5, 5.41) is 11.3.